The van der Waals surface area contributed by atoms with Crippen LogP contribution in [0.4, 0.5) is 5.69 Å². The normalized spacial score (nSPS) is 17.4. The van der Waals surface area contributed by atoms with E-state index in [0.29, 0.717) is 17.3 Å². The maximum Gasteiger partial charge on any atom is 0.249 e. The van der Waals surface area contributed by atoms with Gasteiger partial charge in [0.05, 0.1) is 6.61 Å². The molecule has 1 aliphatic rings. The summed E-state index contributed by atoms with van der Waals surface area (Å²) in [6.07, 6.45) is 0. The van der Waals surface area contributed by atoms with Crippen molar-refractivity contribution in [2.75, 3.05) is 18.5 Å². The number of benzene rings is 2. The standard InChI is InChI=1S/C19H19ClN2O3/c1-13-15(20)8-5-9-16(13)21-19(24)17-11-25-12-18(23)22(17)10-14-6-3-2-4-7-14/h2-9,17H,10-12H2,1H3,(H,21,24)/t17-/m0/s1. The van der Waals surface area contributed by atoms with E-state index < -0.39 is 6.04 Å². The third kappa shape index (κ3) is 4.00. The van der Waals surface area contributed by atoms with Crippen LogP contribution in [-0.2, 0) is 20.9 Å². The minimum atomic E-state index is -0.681. The smallest absolute Gasteiger partial charge is 0.249 e. The van der Waals surface area contributed by atoms with Gasteiger partial charge in [-0.1, -0.05) is 48.0 Å². The fourth-order valence-electron chi connectivity index (χ4n) is 2.76. The Morgan fingerprint density at radius 2 is 2.00 bits per heavy atom. The number of rotatable bonds is 4. The van der Waals surface area contributed by atoms with E-state index in [9.17, 15) is 9.59 Å². The van der Waals surface area contributed by atoms with Crippen LogP contribution in [0.2, 0.25) is 5.02 Å². The SMILES string of the molecule is Cc1c(Cl)cccc1NC(=O)[C@@H]1COCC(=O)N1Cc1ccccc1. The number of carbonyl (C=O) groups excluding carboxylic acids is 2. The van der Waals surface area contributed by atoms with E-state index in [1.807, 2.05) is 37.3 Å². The molecule has 0 saturated carbocycles. The summed E-state index contributed by atoms with van der Waals surface area (Å²) in [7, 11) is 0. The van der Waals surface area contributed by atoms with Gasteiger partial charge in [-0.25, -0.2) is 0 Å². The second kappa shape index (κ2) is 7.68. The second-order valence-electron chi connectivity index (χ2n) is 5.94. The van der Waals surface area contributed by atoms with E-state index in [4.69, 9.17) is 16.3 Å². The lowest BCUT2D eigenvalue weighted by molar-refractivity contribution is -0.154. The van der Waals surface area contributed by atoms with Gasteiger partial charge in [0, 0.05) is 17.3 Å². The predicted octanol–water partition coefficient (Wildman–Crippen LogP) is 3.01. The molecule has 1 saturated heterocycles. The van der Waals surface area contributed by atoms with Gasteiger partial charge < -0.3 is 15.0 Å². The molecule has 130 valence electrons. The zero-order chi connectivity index (χ0) is 17.8. The fraction of sp³-hybridized carbons (Fsp3) is 0.263. The molecule has 0 spiro atoms. The molecule has 0 bridgehead atoms. The maximum atomic E-state index is 12.7. The molecule has 2 aromatic carbocycles. The Labute approximate surface area is 151 Å². The third-order valence-electron chi connectivity index (χ3n) is 4.22. The van der Waals surface area contributed by atoms with Crippen LogP contribution in [0.15, 0.2) is 48.5 Å². The molecular weight excluding hydrogens is 340 g/mol. The van der Waals surface area contributed by atoms with E-state index in [2.05, 4.69) is 5.32 Å². The highest BCUT2D eigenvalue weighted by molar-refractivity contribution is 6.31. The molecule has 5 nitrogen and oxygen atoms in total. The quantitative estimate of drug-likeness (QED) is 0.914. The number of nitrogens with zero attached hydrogens (tertiary/aromatic N) is 1. The van der Waals surface area contributed by atoms with Gasteiger partial charge >= 0.3 is 0 Å². The van der Waals surface area contributed by atoms with Gasteiger partial charge in [0.15, 0.2) is 0 Å². The molecule has 6 heteroatoms. The van der Waals surface area contributed by atoms with Gasteiger partial charge in [0.1, 0.15) is 12.6 Å². The van der Waals surface area contributed by atoms with Crippen LogP contribution in [-0.4, -0.2) is 36.0 Å². The molecule has 0 radical (unpaired) electrons. The monoisotopic (exact) mass is 358 g/mol. The largest absolute Gasteiger partial charge is 0.369 e. The van der Waals surface area contributed by atoms with E-state index in [-0.39, 0.29) is 25.0 Å². The minimum absolute atomic E-state index is 0.00714. The molecule has 2 aromatic rings. The van der Waals surface area contributed by atoms with Crippen LogP contribution >= 0.6 is 11.6 Å². The Kier molecular flexibility index (Phi) is 5.36. The summed E-state index contributed by atoms with van der Waals surface area (Å²) >= 11 is 6.10. The van der Waals surface area contributed by atoms with Crippen molar-refractivity contribution in [3.8, 4) is 0 Å². The number of hydrogen-bond acceptors (Lipinski definition) is 3. The van der Waals surface area contributed by atoms with Gasteiger partial charge in [-0.3, -0.25) is 9.59 Å². The average molecular weight is 359 g/mol. The van der Waals surface area contributed by atoms with Crippen LogP contribution in [0.3, 0.4) is 0 Å². The van der Waals surface area contributed by atoms with E-state index in [0.717, 1.165) is 11.1 Å². The zero-order valence-corrected chi connectivity index (χ0v) is 14.6. The summed E-state index contributed by atoms with van der Waals surface area (Å²) in [5, 5.41) is 3.44. The molecule has 25 heavy (non-hydrogen) atoms. The first-order valence-electron chi connectivity index (χ1n) is 8.03. The Morgan fingerprint density at radius 3 is 2.76 bits per heavy atom. The van der Waals surface area contributed by atoms with Gasteiger partial charge in [0.25, 0.3) is 0 Å². The lowest BCUT2D eigenvalue weighted by Crippen LogP contribution is -2.54. The molecule has 1 N–H and O–H groups in total. The summed E-state index contributed by atoms with van der Waals surface area (Å²) in [6.45, 7) is 2.37. The first-order chi connectivity index (χ1) is 12.1. The number of anilines is 1. The maximum absolute atomic E-state index is 12.7. The summed E-state index contributed by atoms with van der Waals surface area (Å²) in [4.78, 5) is 26.6. The Morgan fingerprint density at radius 1 is 1.24 bits per heavy atom. The molecule has 2 amide bonds. The van der Waals surface area contributed by atoms with Crippen LogP contribution in [0.5, 0.6) is 0 Å². The lowest BCUT2D eigenvalue weighted by Gasteiger charge is -2.34. The molecule has 0 aromatic heterocycles. The highest BCUT2D eigenvalue weighted by Gasteiger charge is 2.34. The van der Waals surface area contributed by atoms with Gasteiger partial charge in [-0.05, 0) is 30.2 Å². The van der Waals surface area contributed by atoms with E-state index >= 15 is 0 Å². The molecule has 0 unspecified atom stereocenters. The van der Waals surface area contributed by atoms with Crippen LogP contribution < -0.4 is 5.32 Å². The third-order valence-corrected chi connectivity index (χ3v) is 4.63. The number of amides is 2. The first-order valence-corrected chi connectivity index (χ1v) is 8.41. The van der Waals surface area contributed by atoms with Crippen molar-refractivity contribution in [1.82, 2.24) is 4.90 Å². The van der Waals surface area contributed by atoms with Crippen LogP contribution in [0.1, 0.15) is 11.1 Å². The summed E-state index contributed by atoms with van der Waals surface area (Å²) in [5.74, 6) is -0.479. The predicted molar refractivity (Wildman–Crippen MR) is 96.4 cm³/mol. The number of morpholine rings is 1. The van der Waals surface area contributed by atoms with Gasteiger partial charge in [-0.15, -0.1) is 0 Å². The number of halogens is 1. The van der Waals surface area contributed by atoms with Gasteiger partial charge in [-0.2, -0.15) is 0 Å². The summed E-state index contributed by atoms with van der Waals surface area (Å²) < 4.78 is 5.30. The molecule has 1 atom stereocenters. The minimum Gasteiger partial charge on any atom is -0.369 e. The molecule has 1 heterocycles. The molecule has 3 rings (SSSR count). The lowest BCUT2D eigenvalue weighted by atomic mass is 10.1. The number of hydrogen-bond donors (Lipinski definition) is 1. The highest BCUT2D eigenvalue weighted by Crippen LogP contribution is 2.24. The van der Waals surface area contributed by atoms with Crippen molar-refractivity contribution in [2.24, 2.45) is 0 Å². The van der Waals surface area contributed by atoms with Crippen molar-refractivity contribution in [3.63, 3.8) is 0 Å². The average Bonchev–Trinajstić information content (AvgIpc) is 2.61. The number of ether oxygens (including phenoxy) is 1. The summed E-state index contributed by atoms with van der Waals surface area (Å²) in [5.41, 5.74) is 2.39. The van der Waals surface area contributed by atoms with E-state index in [1.54, 1.807) is 23.1 Å². The number of nitrogens with one attached hydrogen (secondary N) is 1. The van der Waals surface area contributed by atoms with Crippen molar-refractivity contribution in [2.45, 2.75) is 19.5 Å². The van der Waals surface area contributed by atoms with Crippen LogP contribution in [0.25, 0.3) is 0 Å². The topological polar surface area (TPSA) is 58.6 Å². The number of carbonyl (C=O) groups is 2. The van der Waals surface area contributed by atoms with Crippen molar-refractivity contribution in [3.05, 3.63) is 64.7 Å². The van der Waals surface area contributed by atoms with Crippen molar-refractivity contribution in [1.29, 1.82) is 0 Å². The van der Waals surface area contributed by atoms with E-state index in [1.165, 1.54) is 0 Å². The summed E-state index contributed by atoms with van der Waals surface area (Å²) in [6, 6.07) is 14.2. The molecule has 0 aliphatic carbocycles. The first kappa shape index (κ1) is 17.5. The highest BCUT2D eigenvalue weighted by atomic mass is 35.5. The van der Waals surface area contributed by atoms with Crippen molar-refractivity contribution < 1.29 is 14.3 Å². The Balaban J connectivity index is 1.78. The Bertz CT molecular complexity index is 779. The van der Waals surface area contributed by atoms with Gasteiger partial charge in [0.2, 0.25) is 11.8 Å². The Hall–Kier alpha value is -2.37. The molecular formula is C19H19ClN2O3. The zero-order valence-electron chi connectivity index (χ0n) is 13.9. The molecule has 1 aliphatic heterocycles. The van der Waals surface area contributed by atoms with Crippen LogP contribution in [0, 0.1) is 6.92 Å². The fourth-order valence-corrected chi connectivity index (χ4v) is 2.93. The molecule has 1 fully saturated rings. The second-order valence-corrected chi connectivity index (χ2v) is 6.35. The van der Waals surface area contributed by atoms with Crippen molar-refractivity contribution >= 4 is 29.1 Å².